The summed E-state index contributed by atoms with van der Waals surface area (Å²) in [6.07, 6.45) is 4.46. The number of benzene rings is 1. The van der Waals surface area contributed by atoms with E-state index in [1.807, 2.05) is 30.3 Å². The first-order valence-corrected chi connectivity index (χ1v) is 7.22. The number of nitrogens with one attached hydrogen (secondary N) is 2. The lowest BCUT2D eigenvalue weighted by molar-refractivity contribution is -0.115. The number of amides is 2. The molecule has 0 unspecified atom stereocenters. The normalized spacial score (nSPS) is 10.2. The lowest BCUT2D eigenvalue weighted by atomic mass is 10.1. The molecule has 0 aliphatic rings. The van der Waals surface area contributed by atoms with Gasteiger partial charge in [0.05, 0.1) is 24.6 Å². The molecule has 2 amide bonds. The van der Waals surface area contributed by atoms with Gasteiger partial charge in [0.2, 0.25) is 5.91 Å². The van der Waals surface area contributed by atoms with Gasteiger partial charge in [0, 0.05) is 11.8 Å². The zero-order valence-electron chi connectivity index (χ0n) is 12.6. The number of hydrogen-bond acceptors (Lipinski definition) is 5. The fraction of sp³-hybridized carbons (Fsp3) is 0.0588. The predicted octanol–water partition coefficient (Wildman–Crippen LogP) is 2.11. The Labute approximate surface area is 137 Å². The van der Waals surface area contributed by atoms with Crippen LogP contribution in [0.25, 0.3) is 11.3 Å². The van der Waals surface area contributed by atoms with E-state index in [1.54, 1.807) is 18.3 Å². The van der Waals surface area contributed by atoms with Crippen LogP contribution in [0.1, 0.15) is 10.4 Å². The van der Waals surface area contributed by atoms with Crippen LogP contribution in [-0.4, -0.2) is 28.5 Å². The fourth-order valence-electron chi connectivity index (χ4n) is 2.10. The number of rotatable bonds is 5. The van der Waals surface area contributed by atoms with Crippen molar-refractivity contribution in [2.45, 2.75) is 0 Å². The Morgan fingerprint density at radius 1 is 1.04 bits per heavy atom. The molecule has 0 saturated carbocycles. The Morgan fingerprint density at radius 3 is 2.62 bits per heavy atom. The first kappa shape index (κ1) is 15.4. The van der Waals surface area contributed by atoms with Gasteiger partial charge in [-0.2, -0.15) is 0 Å². The molecule has 0 aliphatic carbocycles. The summed E-state index contributed by atoms with van der Waals surface area (Å²) in [4.78, 5) is 28.0. The minimum Gasteiger partial charge on any atom is -0.355 e. The topological polar surface area (TPSA) is 97.1 Å². The Morgan fingerprint density at radius 2 is 1.88 bits per heavy atom. The van der Waals surface area contributed by atoms with Crippen molar-refractivity contribution in [2.75, 3.05) is 11.9 Å². The summed E-state index contributed by atoms with van der Waals surface area (Å²) in [5, 5.41) is 8.85. The molecule has 2 heterocycles. The third-order valence-electron chi connectivity index (χ3n) is 3.21. The van der Waals surface area contributed by atoms with Crippen molar-refractivity contribution in [3.05, 3.63) is 66.6 Å². The van der Waals surface area contributed by atoms with Crippen LogP contribution in [0.5, 0.6) is 0 Å². The molecule has 2 aromatic heterocycles. The average molecular weight is 322 g/mol. The molecule has 3 rings (SSSR count). The van der Waals surface area contributed by atoms with Crippen molar-refractivity contribution < 1.29 is 14.1 Å². The van der Waals surface area contributed by atoms with Gasteiger partial charge in [-0.1, -0.05) is 35.5 Å². The van der Waals surface area contributed by atoms with Crippen LogP contribution < -0.4 is 10.6 Å². The maximum atomic E-state index is 12.3. The number of pyridine rings is 1. The smallest absolute Gasteiger partial charge is 0.257 e. The van der Waals surface area contributed by atoms with Crippen molar-refractivity contribution in [3.63, 3.8) is 0 Å². The summed E-state index contributed by atoms with van der Waals surface area (Å²) in [5.41, 5.74) is 1.57. The monoisotopic (exact) mass is 322 g/mol. The number of hydrogen-bond donors (Lipinski definition) is 2. The number of aromatic nitrogens is 2. The third kappa shape index (κ3) is 3.64. The van der Waals surface area contributed by atoms with Crippen LogP contribution in [0.3, 0.4) is 0 Å². The highest BCUT2D eigenvalue weighted by atomic mass is 16.5. The minimum atomic E-state index is -0.434. The lowest BCUT2D eigenvalue weighted by Crippen LogP contribution is -2.32. The van der Waals surface area contributed by atoms with E-state index < -0.39 is 5.91 Å². The van der Waals surface area contributed by atoms with Gasteiger partial charge < -0.3 is 15.2 Å². The van der Waals surface area contributed by atoms with Gasteiger partial charge >= 0.3 is 0 Å². The molecule has 0 bridgehead atoms. The van der Waals surface area contributed by atoms with E-state index in [2.05, 4.69) is 20.8 Å². The number of carbonyl (C=O) groups excluding carboxylic acids is 2. The molecule has 0 spiro atoms. The Bertz CT molecular complexity index is 831. The SMILES string of the molecule is O=C(CNC(=O)c1cnoc1-c1ccccc1)Nc1cccnc1. The third-order valence-corrected chi connectivity index (χ3v) is 3.21. The van der Waals surface area contributed by atoms with Crippen molar-refractivity contribution in [1.29, 1.82) is 0 Å². The summed E-state index contributed by atoms with van der Waals surface area (Å²) in [6, 6.07) is 12.6. The van der Waals surface area contributed by atoms with Crippen molar-refractivity contribution >= 4 is 17.5 Å². The number of nitrogens with zero attached hydrogens (tertiary/aromatic N) is 2. The molecule has 0 atom stereocenters. The van der Waals surface area contributed by atoms with E-state index in [1.165, 1.54) is 12.4 Å². The second-order valence-corrected chi connectivity index (χ2v) is 4.91. The Hall–Kier alpha value is -3.48. The molecule has 7 heteroatoms. The highest BCUT2D eigenvalue weighted by Gasteiger charge is 2.18. The lowest BCUT2D eigenvalue weighted by Gasteiger charge is -2.06. The van der Waals surface area contributed by atoms with Crippen LogP contribution in [0, 0.1) is 0 Å². The maximum Gasteiger partial charge on any atom is 0.257 e. The predicted molar refractivity (Wildman–Crippen MR) is 87.1 cm³/mol. The second-order valence-electron chi connectivity index (χ2n) is 4.91. The summed E-state index contributed by atoms with van der Waals surface area (Å²) in [5.74, 6) is -0.425. The zero-order valence-corrected chi connectivity index (χ0v) is 12.6. The molecule has 0 fully saturated rings. The van der Waals surface area contributed by atoms with Gasteiger partial charge in [0.1, 0.15) is 5.56 Å². The highest BCUT2D eigenvalue weighted by molar-refractivity contribution is 6.02. The summed E-state index contributed by atoms with van der Waals surface area (Å²) < 4.78 is 5.15. The van der Waals surface area contributed by atoms with E-state index in [4.69, 9.17) is 4.52 Å². The molecule has 120 valence electrons. The molecule has 0 aliphatic heterocycles. The molecule has 0 radical (unpaired) electrons. The summed E-state index contributed by atoms with van der Waals surface area (Å²) >= 11 is 0. The van der Waals surface area contributed by atoms with Gasteiger partial charge in [0.25, 0.3) is 5.91 Å². The molecule has 7 nitrogen and oxygen atoms in total. The summed E-state index contributed by atoms with van der Waals surface area (Å²) in [6.45, 7) is -0.173. The zero-order chi connectivity index (χ0) is 16.8. The van der Waals surface area contributed by atoms with Crippen LogP contribution in [0.2, 0.25) is 0 Å². The van der Waals surface area contributed by atoms with Crippen LogP contribution in [0.4, 0.5) is 5.69 Å². The highest BCUT2D eigenvalue weighted by Crippen LogP contribution is 2.22. The van der Waals surface area contributed by atoms with E-state index in [0.29, 0.717) is 11.4 Å². The van der Waals surface area contributed by atoms with E-state index in [-0.39, 0.29) is 18.0 Å². The Kier molecular flexibility index (Phi) is 4.62. The number of carbonyl (C=O) groups is 2. The molecule has 1 aromatic carbocycles. The molecular formula is C17H14N4O3. The Balaban J connectivity index is 1.62. The van der Waals surface area contributed by atoms with E-state index in [0.717, 1.165) is 5.56 Å². The van der Waals surface area contributed by atoms with Crippen LogP contribution >= 0.6 is 0 Å². The molecule has 2 N–H and O–H groups in total. The van der Waals surface area contributed by atoms with Crippen molar-refractivity contribution in [1.82, 2.24) is 15.5 Å². The van der Waals surface area contributed by atoms with Gasteiger partial charge in [0.15, 0.2) is 5.76 Å². The minimum absolute atomic E-state index is 0.173. The second kappa shape index (κ2) is 7.19. The first-order valence-electron chi connectivity index (χ1n) is 7.22. The van der Waals surface area contributed by atoms with Gasteiger partial charge in [-0.05, 0) is 12.1 Å². The maximum absolute atomic E-state index is 12.3. The van der Waals surface area contributed by atoms with Crippen LogP contribution in [-0.2, 0) is 4.79 Å². The van der Waals surface area contributed by atoms with Gasteiger partial charge in [-0.3, -0.25) is 14.6 Å². The molecule has 3 aromatic rings. The van der Waals surface area contributed by atoms with Crippen molar-refractivity contribution in [2.24, 2.45) is 0 Å². The fourth-order valence-corrected chi connectivity index (χ4v) is 2.10. The number of anilines is 1. The van der Waals surface area contributed by atoms with E-state index >= 15 is 0 Å². The molecule has 24 heavy (non-hydrogen) atoms. The standard InChI is InChI=1S/C17H14N4O3/c22-15(21-13-7-4-8-18-9-13)11-19-17(23)14-10-20-24-16(14)12-5-2-1-3-6-12/h1-10H,11H2,(H,19,23)(H,21,22). The van der Waals surface area contributed by atoms with Gasteiger partial charge in [-0.25, -0.2) is 0 Å². The van der Waals surface area contributed by atoms with Crippen LogP contribution in [0.15, 0.2) is 65.6 Å². The first-order chi connectivity index (χ1) is 11.7. The molecular weight excluding hydrogens is 308 g/mol. The van der Waals surface area contributed by atoms with Gasteiger partial charge in [-0.15, -0.1) is 0 Å². The largest absolute Gasteiger partial charge is 0.355 e. The van der Waals surface area contributed by atoms with Crippen molar-refractivity contribution in [3.8, 4) is 11.3 Å². The van der Waals surface area contributed by atoms with E-state index in [9.17, 15) is 9.59 Å². The quantitative estimate of drug-likeness (QED) is 0.750. The average Bonchev–Trinajstić information content (AvgIpc) is 3.11. The summed E-state index contributed by atoms with van der Waals surface area (Å²) in [7, 11) is 0. The molecule has 0 saturated heterocycles.